The highest BCUT2D eigenvalue weighted by molar-refractivity contribution is 5.76. The molecule has 1 saturated carbocycles. The number of hydrogen-bond donors (Lipinski definition) is 1. The van der Waals surface area contributed by atoms with Gasteiger partial charge in [0.25, 0.3) is 0 Å². The first kappa shape index (κ1) is 18.5. The fourth-order valence-corrected chi connectivity index (χ4v) is 4.10. The van der Waals surface area contributed by atoms with Crippen molar-refractivity contribution in [2.75, 3.05) is 0 Å². The molecule has 1 aliphatic carbocycles. The second-order valence-electron chi connectivity index (χ2n) is 8.51. The summed E-state index contributed by atoms with van der Waals surface area (Å²) in [5.74, 6) is 2.80. The van der Waals surface area contributed by atoms with Crippen molar-refractivity contribution in [1.82, 2.24) is 5.32 Å². The Balaban J connectivity index is 2.98. The zero-order chi connectivity index (χ0) is 16.2. The van der Waals surface area contributed by atoms with Crippen LogP contribution in [0.15, 0.2) is 0 Å². The SMILES string of the molecule is CCCC(=O)NC1C(C(C)C)CCC(C)(C)C1CC(C)C. The van der Waals surface area contributed by atoms with Gasteiger partial charge in [0.2, 0.25) is 5.91 Å². The fourth-order valence-electron chi connectivity index (χ4n) is 4.10. The van der Waals surface area contributed by atoms with E-state index in [1.54, 1.807) is 0 Å². The van der Waals surface area contributed by atoms with Crippen molar-refractivity contribution in [3.8, 4) is 0 Å². The maximum Gasteiger partial charge on any atom is 0.220 e. The van der Waals surface area contributed by atoms with E-state index in [0.717, 1.165) is 6.42 Å². The van der Waals surface area contributed by atoms with E-state index in [1.807, 2.05) is 0 Å². The largest absolute Gasteiger partial charge is 0.353 e. The van der Waals surface area contributed by atoms with Crippen LogP contribution in [0.3, 0.4) is 0 Å². The molecule has 1 aliphatic rings. The van der Waals surface area contributed by atoms with Gasteiger partial charge in [-0.05, 0) is 54.8 Å². The Hall–Kier alpha value is -0.530. The van der Waals surface area contributed by atoms with E-state index in [2.05, 4.69) is 53.8 Å². The minimum absolute atomic E-state index is 0.250. The molecule has 1 amide bonds. The van der Waals surface area contributed by atoms with Crippen LogP contribution in [0.5, 0.6) is 0 Å². The third-order valence-corrected chi connectivity index (χ3v) is 5.41. The Kier molecular flexibility index (Phi) is 6.74. The predicted octanol–water partition coefficient (Wildman–Crippen LogP) is 5.03. The molecule has 21 heavy (non-hydrogen) atoms. The molecule has 0 aliphatic heterocycles. The second-order valence-corrected chi connectivity index (χ2v) is 8.51. The molecule has 124 valence electrons. The summed E-state index contributed by atoms with van der Waals surface area (Å²) in [6.45, 7) is 16.1. The predicted molar refractivity (Wildman–Crippen MR) is 91.1 cm³/mol. The van der Waals surface area contributed by atoms with Crippen LogP contribution in [0.2, 0.25) is 0 Å². The third kappa shape index (κ3) is 5.00. The molecule has 0 heterocycles. The molecule has 0 radical (unpaired) electrons. The van der Waals surface area contributed by atoms with Crippen molar-refractivity contribution in [2.45, 2.75) is 86.6 Å². The molecule has 2 nitrogen and oxygen atoms in total. The van der Waals surface area contributed by atoms with E-state index < -0.39 is 0 Å². The first-order valence-corrected chi connectivity index (χ1v) is 8.98. The summed E-state index contributed by atoms with van der Waals surface area (Å²) in [4.78, 5) is 12.2. The lowest BCUT2D eigenvalue weighted by Gasteiger charge is -2.50. The quantitative estimate of drug-likeness (QED) is 0.732. The fraction of sp³-hybridized carbons (Fsp3) is 0.947. The van der Waals surface area contributed by atoms with Crippen molar-refractivity contribution in [1.29, 1.82) is 0 Å². The molecule has 1 fully saturated rings. The molecule has 1 rings (SSSR count). The average Bonchev–Trinajstić information content (AvgIpc) is 2.33. The molecule has 0 aromatic heterocycles. The van der Waals surface area contributed by atoms with Crippen LogP contribution in [0.4, 0.5) is 0 Å². The highest BCUT2D eigenvalue weighted by atomic mass is 16.1. The summed E-state index contributed by atoms with van der Waals surface area (Å²) in [6, 6.07) is 0.357. The Labute approximate surface area is 132 Å². The van der Waals surface area contributed by atoms with Gasteiger partial charge < -0.3 is 5.32 Å². The van der Waals surface area contributed by atoms with Gasteiger partial charge >= 0.3 is 0 Å². The topological polar surface area (TPSA) is 29.1 Å². The van der Waals surface area contributed by atoms with Crippen LogP contribution in [-0.2, 0) is 4.79 Å². The maximum absolute atomic E-state index is 12.2. The van der Waals surface area contributed by atoms with Gasteiger partial charge in [0.05, 0.1) is 0 Å². The molecule has 0 saturated heterocycles. The van der Waals surface area contributed by atoms with Gasteiger partial charge in [-0.15, -0.1) is 0 Å². The van der Waals surface area contributed by atoms with Gasteiger partial charge in [-0.2, -0.15) is 0 Å². The van der Waals surface area contributed by atoms with Crippen LogP contribution in [0.1, 0.15) is 80.6 Å². The Morgan fingerprint density at radius 2 is 1.86 bits per heavy atom. The van der Waals surface area contributed by atoms with E-state index in [0.29, 0.717) is 41.5 Å². The molecule has 0 spiro atoms. The van der Waals surface area contributed by atoms with E-state index in [9.17, 15) is 4.79 Å². The van der Waals surface area contributed by atoms with Gasteiger partial charge in [0.1, 0.15) is 0 Å². The van der Waals surface area contributed by atoms with Crippen molar-refractivity contribution in [3.05, 3.63) is 0 Å². The Morgan fingerprint density at radius 3 is 2.33 bits per heavy atom. The van der Waals surface area contributed by atoms with Crippen LogP contribution >= 0.6 is 0 Å². The zero-order valence-electron chi connectivity index (χ0n) is 15.3. The van der Waals surface area contributed by atoms with E-state index in [1.165, 1.54) is 19.3 Å². The number of carbonyl (C=O) groups is 1. The lowest BCUT2D eigenvalue weighted by atomic mass is 9.58. The first-order chi connectivity index (χ1) is 9.69. The van der Waals surface area contributed by atoms with Gasteiger partial charge in [-0.3, -0.25) is 4.79 Å². The molecule has 1 N–H and O–H groups in total. The summed E-state index contributed by atoms with van der Waals surface area (Å²) in [5.41, 5.74) is 0.333. The summed E-state index contributed by atoms with van der Waals surface area (Å²) < 4.78 is 0. The molecule has 3 unspecified atom stereocenters. The highest BCUT2D eigenvalue weighted by Gasteiger charge is 2.45. The molecule has 0 bridgehead atoms. The van der Waals surface area contributed by atoms with Gasteiger partial charge in [0.15, 0.2) is 0 Å². The summed E-state index contributed by atoms with van der Waals surface area (Å²) in [7, 11) is 0. The Morgan fingerprint density at radius 1 is 1.24 bits per heavy atom. The number of rotatable bonds is 6. The van der Waals surface area contributed by atoms with Gasteiger partial charge in [0, 0.05) is 12.5 Å². The maximum atomic E-state index is 12.2. The van der Waals surface area contributed by atoms with Crippen molar-refractivity contribution < 1.29 is 4.79 Å². The molecule has 0 aromatic carbocycles. The first-order valence-electron chi connectivity index (χ1n) is 8.98. The van der Waals surface area contributed by atoms with E-state index in [4.69, 9.17) is 0 Å². The van der Waals surface area contributed by atoms with E-state index in [-0.39, 0.29) is 5.91 Å². The Bertz CT molecular complexity index is 332. The summed E-state index contributed by atoms with van der Waals surface area (Å²) >= 11 is 0. The highest BCUT2D eigenvalue weighted by Crippen LogP contribution is 2.47. The minimum atomic E-state index is 0.250. The second kappa shape index (κ2) is 7.65. The van der Waals surface area contributed by atoms with E-state index >= 15 is 0 Å². The number of amides is 1. The number of nitrogens with one attached hydrogen (secondary N) is 1. The van der Waals surface area contributed by atoms with Crippen LogP contribution in [-0.4, -0.2) is 11.9 Å². The smallest absolute Gasteiger partial charge is 0.220 e. The van der Waals surface area contributed by atoms with Crippen LogP contribution in [0, 0.1) is 29.1 Å². The zero-order valence-corrected chi connectivity index (χ0v) is 15.3. The lowest BCUT2D eigenvalue weighted by molar-refractivity contribution is -0.124. The average molecular weight is 296 g/mol. The van der Waals surface area contributed by atoms with Gasteiger partial charge in [-0.25, -0.2) is 0 Å². The lowest BCUT2D eigenvalue weighted by Crippen LogP contribution is -2.54. The molecule has 2 heteroatoms. The standard InChI is InChI=1S/C19H37NO/c1-8-9-17(21)20-18-15(14(4)5)10-11-19(6,7)16(18)12-13(2)3/h13-16,18H,8-12H2,1-7H3,(H,20,21). The minimum Gasteiger partial charge on any atom is -0.353 e. The van der Waals surface area contributed by atoms with Crippen molar-refractivity contribution in [3.63, 3.8) is 0 Å². The van der Waals surface area contributed by atoms with Crippen molar-refractivity contribution in [2.24, 2.45) is 29.1 Å². The van der Waals surface area contributed by atoms with Crippen molar-refractivity contribution >= 4 is 5.91 Å². The molecular weight excluding hydrogens is 258 g/mol. The molecule has 3 atom stereocenters. The monoisotopic (exact) mass is 295 g/mol. The summed E-state index contributed by atoms with van der Waals surface area (Å²) in [6.07, 6.45) is 5.34. The van der Waals surface area contributed by atoms with Crippen LogP contribution < -0.4 is 5.32 Å². The number of hydrogen-bond acceptors (Lipinski definition) is 1. The van der Waals surface area contributed by atoms with Crippen LogP contribution in [0.25, 0.3) is 0 Å². The molecule has 0 aromatic rings. The third-order valence-electron chi connectivity index (χ3n) is 5.41. The normalized spacial score (nSPS) is 28.9. The summed E-state index contributed by atoms with van der Waals surface area (Å²) in [5, 5.41) is 3.42. The molecular formula is C19H37NO. The number of carbonyl (C=O) groups excluding carboxylic acids is 1. The van der Waals surface area contributed by atoms with Gasteiger partial charge in [-0.1, -0.05) is 48.5 Å².